The van der Waals surface area contributed by atoms with E-state index in [2.05, 4.69) is 223 Å². The molecule has 0 fully saturated rings. The number of anilines is 2. The number of hydrogen-bond donors (Lipinski definition) is 0. The average molecular weight is 788 g/mol. The van der Waals surface area contributed by atoms with E-state index < -0.39 is 5.41 Å². The maximum atomic E-state index is 3.77. The smallest absolute Gasteiger partial charge is 0.0977 e. The molecule has 0 aliphatic heterocycles. The minimum Gasteiger partial charge on any atom is -0.303 e. The Hall–Kier alpha value is -6.36. The third-order valence-corrected chi connectivity index (χ3v) is 14.3. The average Bonchev–Trinajstić information content (AvgIpc) is 3.81. The maximum absolute atomic E-state index is 3.77. The molecule has 6 aromatic rings. The van der Waals surface area contributed by atoms with Crippen molar-refractivity contribution in [1.29, 1.82) is 0 Å². The van der Waals surface area contributed by atoms with Gasteiger partial charge in [0.15, 0.2) is 0 Å². The third kappa shape index (κ3) is 5.41. The molecule has 1 heteroatoms. The van der Waals surface area contributed by atoms with Gasteiger partial charge in [0.2, 0.25) is 0 Å². The second-order valence-electron chi connectivity index (χ2n) is 20.3. The van der Waals surface area contributed by atoms with Crippen LogP contribution >= 0.6 is 0 Å². The Kier molecular flexibility index (Phi) is 8.06. The van der Waals surface area contributed by atoms with Gasteiger partial charge in [0.1, 0.15) is 0 Å². The summed E-state index contributed by atoms with van der Waals surface area (Å²) in [7, 11) is 0. The van der Waals surface area contributed by atoms with E-state index in [0.717, 1.165) is 35.5 Å². The van der Waals surface area contributed by atoms with Gasteiger partial charge in [-0.2, -0.15) is 0 Å². The van der Waals surface area contributed by atoms with Gasteiger partial charge in [0, 0.05) is 22.2 Å². The van der Waals surface area contributed by atoms with Crippen molar-refractivity contribution in [3.8, 4) is 22.3 Å². The molecule has 1 nitrogen and oxygen atoms in total. The lowest BCUT2D eigenvalue weighted by atomic mass is 9.68. The Bertz CT molecular complexity index is 3030. The molecule has 0 radical (unpaired) electrons. The molecule has 1 spiro atoms. The highest BCUT2D eigenvalue weighted by atomic mass is 15.1. The van der Waals surface area contributed by atoms with Gasteiger partial charge >= 0.3 is 0 Å². The summed E-state index contributed by atoms with van der Waals surface area (Å²) < 4.78 is 0. The van der Waals surface area contributed by atoms with E-state index in [1.54, 1.807) is 0 Å². The van der Waals surface area contributed by atoms with Gasteiger partial charge in [-0.3, -0.25) is 0 Å². The molecule has 61 heavy (non-hydrogen) atoms. The summed E-state index contributed by atoms with van der Waals surface area (Å²) >= 11 is 0. The zero-order valence-electron chi connectivity index (χ0n) is 36.8. The van der Waals surface area contributed by atoms with Gasteiger partial charge in [0.05, 0.1) is 16.8 Å². The highest BCUT2D eigenvalue weighted by Crippen LogP contribution is 2.64. The first-order chi connectivity index (χ1) is 29.3. The van der Waals surface area contributed by atoms with Crippen LogP contribution in [0.15, 0.2) is 174 Å². The van der Waals surface area contributed by atoms with Crippen molar-refractivity contribution in [2.75, 3.05) is 4.90 Å². The topological polar surface area (TPSA) is 3.24 Å². The lowest BCUT2D eigenvalue weighted by Crippen LogP contribution is -2.28. The predicted molar refractivity (Wildman–Crippen MR) is 257 cm³/mol. The van der Waals surface area contributed by atoms with E-state index >= 15 is 0 Å². The number of hydrogen-bond acceptors (Lipinski definition) is 1. The summed E-state index contributed by atoms with van der Waals surface area (Å²) in [5.74, 6) is 0. The van der Waals surface area contributed by atoms with Crippen LogP contribution in [0.1, 0.15) is 118 Å². The SMILES string of the molecule is CC(C)(C)c1ccc2c(c1)C1(c3ccccc3-c3ccc(N(C4=C=C=C5C(=C4)C(C)(C)c4ccccc45)c4ccccc4C4=CC=CCC4)cc31)c1cc(C(C)(C)C)ccc1-2. The minimum absolute atomic E-state index is 0.0127. The molecule has 0 atom stereocenters. The number of allylic oxidation sites excluding steroid dienone is 7. The molecular weight excluding hydrogens is 735 g/mol. The highest BCUT2D eigenvalue weighted by Gasteiger charge is 2.52. The summed E-state index contributed by atoms with van der Waals surface area (Å²) in [4.78, 5) is 2.48. The fraction of sp³-hybridized carbons (Fsp3) is 0.233. The Morgan fingerprint density at radius 3 is 1.74 bits per heavy atom. The second-order valence-corrected chi connectivity index (χ2v) is 20.3. The summed E-state index contributed by atoms with van der Waals surface area (Å²) in [6, 6.07) is 49.0. The zero-order chi connectivity index (χ0) is 42.1. The van der Waals surface area contributed by atoms with Crippen LogP contribution in [0.25, 0.3) is 33.4 Å². The Morgan fingerprint density at radius 1 is 0.541 bits per heavy atom. The predicted octanol–water partition coefficient (Wildman–Crippen LogP) is 15.4. The highest BCUT2D eigenvalue weighted by molar-refractivity contribution is 5.97. The normalized spacial score (nSPS) is 17.0. The molecular formula is C60H53N. The van der Waals surface area contributed by atoms with Gasteiger partial charge in [-0.05, 0) is 132 Å². The molecule has 6 aromatic carbocycles. The lowest BCUT2D eigenvalue weighted by molar-refractivity contribution is 0.586. The fourth-order valence-corrected chi connectivity index (χ4v) is 11.1. The standard InChI is InChI=1S/C60H53N/c1-57(2,3)39-26-30-47-48-31-27-40(58(4,5)6)35-54(48)60(53(47)34-39)51-24-16-13-22-45(51)49-33-29-42(37-55(49)60)61(56-25-17-14-20-43(56)38-18-10-9-11-19-38)41-28-32-46-44-21-12-15-23-50(44)59(7,8)52(46)36-41/h9-10,12-18,20-27,29-31,33-37H,11,19H2,1-8H3. The molecule has 0 N–H and O–H groups in total. The van der Waals surface area contributed by atoms with Crippen LogP contribution in [0.2, 0.25) is 0 Å². The van der Waals surface area contributed by atoms with Crippen molar-refractivity contribution in [2.24, 2.45) is 0 Å². The minimum atomic E-state index is -0.506. The van der Waals surface area contributed by atoms with E-state index in [-0.39, 0.29) is 16.2 Å². The molecule has 298 valence electrons. The molecule has 11 rings (SSSR count). The van der Waals surface area contributed by atoms with Crippen molar-refractivity contribution in [2.45, 2.75) is 89.9 Å². The summed E-state index contributed by atoms with van der Waals surface area (Å²) in [5.41, 5.74) is 31.2. The molecule has 0 heterocycles. The molecule has 0 bridgehead atoms. The van der Waals surface area contributed by atoms with Gasteiger partial charge in [-0.1, -0.05) is 189 Å². The molecule has 0 amide bonds. The van der Waals surface area contributed by atoms with Gasteiger partial charge in [-0.15, -0.1) is 0 Å². The van der Waals surface area contributed by atoms with Crippen molar-refractivity contribution < 1.29 is 0 Å². The Morgan fingerprint density at radius 2 is 1.10 bits per heavy atom. The van der Waals surface area contributed by atoms with Crippen LogP contribution < -0.4 is 4.90 Å². The van der Waals surface area contributed by atoms with E-state index in [1.807, 2.05) is 0 Å². The van der Waals surface area contributed by atoms with Crippen LogP contribution in [0.3, 0.4) is 0 Å². The van der Waals surface area contributed by atoms with Crippen molar-refractivity contribution in [1.82, 2.24) is 0 Å². The first-order valence-corrected chi connectivity index (χ1v) is 22.2. The van der Waals surface area contributed by atoms with Crippen molar-refractivity contribution >= 4 is 22.5 Å². The van der Waals surface area contributed by atoms with Crippen molar-refractivity contribution in [3.63, 3.8) is 0 Å². The summed E-state index contributed by atoms with van der Waals surface area (Å²) in [6.45, 7) is 18.8. The second kappa shape index (κ2) is 13.1. The molecule has 0 saturated heterocycles. The molecule has 5 aliphatic rings. The fourth-order valence-electron chi connectivity index (χ4n) is 11.1. The van der Waals surface area contributed by atoms with E-state index in [4.69, 9.17) is 0 Å². The van der Waals surface area contributed by atoms with Gasteiger partial charge in [-0.25, -0.2) is 0 Å². The largest absolute Gasteiger partial charge is 0.303 e. The van der Waals surface area contributed by atoms with E-state index in [1.165, 1.54) is 83.5 Å². The van der Waals surface area contributed by atoms with Crippen molar-refractivity contribution in [3.05, 3.63) is 225 Å². The number of fused-ring (bicyclic) bond motifs is 13. The van der Waals surface area contributed by atoms with E-state index in [0.29, 0.717) is 0 Å². The van der Waals surface area contributed by atoms with Gasteiger partial charge < -0.3 is 4.90 Å². The Labute approximate surface area is 362 Å². The number of benzene rings is 6. The van der Waals surface area contributed by atoms with Crippen LogP contribution in [0, 0.1) is 0 Å². The molecule has 0 saturated carbocycles. The monoisotopic (exact) mass is 787 g/mol. The molecule has 0 aromatic heterocycles. The number of nitrogens with zero attached hydrogens (tertiary/aromatic N) is 1. The van der Waals surface area contributed by atoms with Crippen LogP contribution in [-0.2, 0) is 21.7 Å². The molecule has 5 aliphatic carbocycles. The summed E-state index contributed by atoms with van der Waals surface area (Å²) in [5, 5.41) is 0. The summed E-state index contributed by atoms with van der Waals surface area (Å²) in [6.07, 6.45) is 11.2. The third-order valence-electron chi connectivity index (χ3n) is 14.3. The molecule has 0 unspecified atom stereocenters. The van der Waals surface area contributed by atoms with Gasteiger partial charge in [0.25, 0.3) is 0 Å². The van der Waals surface area contributed by atoms with Crippen LogP contribution in [0.5, 0.6) is 0 Å². The van der Waals surface area contributed by atoms with Crippen LogP contribution in [-0.4, -0.2) is 0 Å². The lowest BCUT2D eigenvalue weighted by Gasteiger charge is -2.34. The number of para-hydroxylation sites is 1. The Balaban J connectivity index is 1.22. The first-order valence-electron chi connectivity index (χ1n) is 22.2. The quantitative estimate of drug-likeness (QED) is 0.161. The zero-order valence-corrected chi connectivity index (χ0v) is 36.8. The number of rotatable bonds is 4. The van der Waals surface area contributed by atoms with Crippen LogP contribution in [0.4, 0.5) is 11.4 Å². The maximum Gasteiger partial charge on any atom is 0.0977 e. The first kappa shape index (κ1) is 37.6. The van der Waals surface area contributed by atoms with E-state index in [9.17, 15) is 0 Å².